The van der Waals surface area contributed by atoms with E-state index >= 15 is 0 Å². The summed E-state index contributed by atoms with van der Waals surface area (Å²) in [5.41, 5.74) is 5.17. The van der Waals surface area contributed by atoms with Crippen LogP contribution in [-0.2, 0) is 0 Å². The molecule has 3 nitrogen and oxygen atoms in total. The molecule has 0 saturated heterocycles. The summed E-state index contributed by atoms with van der Waals surface area (Å²) in [6.07, 6.45) is 0. The summed E-state index contributed by atoms with van der Waals surface area (Å²) in [4.78, 5) is 0. The largest absolute Gasteiger partial charge is 0.490 e. The molecular weight excluding hydrogens is 228 g/mol. The van der Waals surface area contributed by atoms with E-state index in [-0.39, 0.29) is 37.1 Å². The first-order valence-corrected chi connectivity index (χ1v) is 4.05. The summed E-state index contributed by atoms with van der Waals surface area (Å²) in [5.74, 6) is -1.81. The van der Waals surface area contributed by atoms with Gasteiger partial charge in [0.15, 0.2) is 23.1 Å². The Morgan fingerprint density at radius 3 is 2.20 bits per heavy atom. The molecule has 0 heterocycles. The van der Waals surface area contributed by atoms with E-state index in [9.17, 15) is 8.78 Å². The van der Waals surface area contributed by atoms with E-state index in [0.29, 0.717) is 0 Å². The molecule has 0 amide bonds. The Balaban J connectivity index is 0.00000196. The molecule has 86 valence electrons. The number of nitrogens with two attached hydrogens (primary N) is 1. The van der Waals surface area contributed by atoms with Gasteiger partial charge in [0.05, 0.1) is 7.11 Å². The summed E-state index contributed by atoms with van der Waals surface area (Å²) < 4.78 is 35.8. The van der Waals surface area contributed by atoms with E-state index in [4.69, 9.17) is 10.5 Å². The minimum Gasteiger partial charge on any atom is -0.490 e. The highest BCUT2D eigenvalue weighted by Crippen LogP contribution is 2.32. The molecular formula is C9H12ClF2NO2. The molecule has 1 aromatic rings. The molecule has 1 aromatic carbocycles. The Kier molecular flexibility index (Phi) is 5.96. The van der Waals surface area contributed by atoms with Crippen molar-refractivity contribution in [2.75, 3.05) is 20.3 Å². The van der Waals surface area contributed by atoms with Crippen LogP contribution in [0.4, 0.5) is 8.78 Å². The lowest BCUT2D eigenvalue weighted by molar-refractivity contribution is 0.279. The molecule has 0 saturated carbocycles. The van der Waals surface area contributed by atoms with Crippen LogP contribution in [0.2, 0.25) is 0 Å². The third-order valence-corrected chi connectivity index (χ3v) is 1.58. The van der Waals surface area contributed by atoms with Crippen LogP contribution in [0.3, 0.4) is 0 Å². The molecule has 0 bridgehead atoms. The monoisotopic (exact) mass is 239 g/mol. The van der Waals surface area contributed by atoms with Gasteiger partial charge in [-0.05, 0) is 12.1 Å². The third-order valence-electron chi connectivity index (χ3n) is 1.58. The van der Waals surface area contributed by atoms with Crippen LogP contribution >= 0.6 is 12.4 Å². The van der Waals surface area contributed by atoms with Crippen molar-refractivity contribution in [1.82, 2.24) is 0 Å². The van der Waals surface area contributed by atoms with Crippen molar-refractivity contribution in [3.8, 4) is 11.5 Å². The van der Waals surface area contributed by atoms with E-state index < -0.39 is 11.6 Å². The maximum atomic E-state index is 13.1. The molecule has 0 aliphatic rings. The zero-order valence-electron chi connectivity index (χ0n) is 8.13. The van der Waals surface area contributed by atoms with Crippen molar-refractivity contribution < 1.29 is 18.3 Å². The lowest BCUT2D eigenvalue weighted by Gasteiger charge is -2.10. The second-order valence-corrected chi connectivity index (χ2v) is 2.53. The van der Waals surface area contributed by atoms with Crippen molar-refractivity contribution in [2.45, 2.75) is 0 Å². The van der Waals surface area contributed by atoms with Crippen LogP contribution in [0.5, 0.6) is 11.5 Å². The van der Waals surface area contributed by atoms with Gasteiger partial charge in [-0.25, -0.2) is 8.78 Å². The number of benzene rings is 1. The van der Waals surface area contributed by atoms with Crippen LogP contribution in [0.15, 0.2) is 12.1 Å². The van der Waals surface area contributed by atoms with E-state index in [1.807, 2.05) is 0 Å². The number of hydrogen-bond donors (Lipinski definition) is 1. The van der Waals surface area contributed by atoms with Crippen LogP contribution in [-0.4, -0.2) is 20.3 Å². The number of ether oxygens (including phenoxy) is 2. The normalized spacial score (nSPS) is 9.33. The molecule has 0 spiro atoms. The van der Waals surface area contributed by atoms with Gasteiger partial charge < -0.3 is 15.2 Å². The molecule has 0 aliphatic carbocycles. The van der Waals surface area contributed by atoms with Gasteiger partial charge in [0, 0.05) is 6.54 Å². The average Bonchev–Trinajstić information content (AvgIpc) is 2.19. The summed E-state index contributed by atoms with van der Waals surface area (Å²) in [5, 5.41) is 0. The zero-order chi connectivity index (χ0) is 10.6. The zero-order valence-corrected chi connectivity index (χ0v) is 8.94. The highest BCUT2D eigenvalue weighted by Gasteiger charge is 2.15. The first-order valence-electron chi connectivity index (χ1n) is 4.05. The van der Waals surface area contributed by atoms with Gasteiger partial charge in [0.25, 0.3) is 0 Å². The first kappa shape index (κ1) is 13.9. The number of rotatable bonds is 4. The smallest absolute Gasteiger partial charge is 0.200 e. The van der Waals surface area contributed by atoms with Gasteiger partial charge in [-0.2, -0.15) is 0 Å². The van der Waals surface area contributed by atoms with Crippen LogP contribution in [0.1, 0.15) is 0 Å². The number of methoxy groups -OCH3 is 1. The number of halogens is 3. The van der Waals surface area contributed by atoms with Crippen molar-refractivity contribution in [1.29, 1.82) is 0 Å². The second-order valence-electron chi connectivity index (χ2n) is 2.53. The summed E-state index contributed by atoms with van der Waals surface area (Å²) >= 11 is 0. The molecule has 0 fully saturated rings. The third kappa shape index (κ3) is 3.21. The minimum absolute atomic E-state index is 0. The Morgan fingerprint density at radius 1 is 1.20 bits per heavy atom. The average molecular weight is 240 g/mol. The highest BCUT2D eigenvalue weighted by atomic mass is 35.5. The van der Waals surface area contributed by atoms with E-state index in [2.05, 4.69) is 4.74 Å². The molecule has 0 radical (unpaired) electrons. The predicted octanol–water partition coefficient (Wildman–Crippen LogP) is 1.73. The molecule has 0 aromatic heterocycles. The predicted molar refractivity (Wildman–Crippen MR) is 54.7 cm³/mol. The van der Waals surface area contributed by atoms with Crippen LogP contribution in [0.25, 0.3) is 0 Å². The molecule has 15 heavy (non-hydrogen) atoms. The van der Waals surface area contributed by atoms with Gasteiger partial charge in [-0.3, -0.25) is 0 Å². The lowest BCUT2D eigenvalue weighted by Crippen LogP contribution is -2.12. The molecule has 0 unspecified atom stereocenters. The lowest BCUT2D eigenvalue weighted by atomic mass is 10.3. The van der Waals surface area contributed by atoms with Crippen molar-refractivity contribution >= 4 is 12.4 Å². The van der Waals surface area contributed by atoms with Crippen LogP contribution in [0, 0.1) is 11.6 Å². The summed E-state index contributed by atoms with van der Waals surface area (Å²) in [6.45, 7) is 0.329. The van der Waals surface area contributed by atoms with Gasteiger partial charge in [-0.1, -0.05) is 0 Å². The van der Waals surface area contributed by atoms with Gasteiger partial charge in [0.1, 0.15) is 6.61 Å². The molecule has 1 rings (SSSR count). The Bertz CT molecular complexity index is 323. The standard InChI is InChI=1S/C9H11F2NO2.ClH/c1-13-8-6(10)2-3-7(11)9(8)14-5-4-12;/h2-3H,4-5,12H2,1H3;1H. The van der Waals surface area contributed by atoms with Gasteiger partial charge in [0.2, 0.25) is 0 Å². The fourth-order valence-electron chi connectivity index (χ4n) is 1.00. The van der Waals surface area contributed by atoms with Crippen molar-refractivity contribution in [2.24, 2.45) is 5.73 Å². The number of hydrogen-bond acceptors (Lipinski definition) is 3. The quantitative estimate of drug-likeness (QED) is 0.870. The Labute approximate surface area is 92.6 Å². The van der Waals surface area contributed by atoms with E-state index in [0.717, 1.165) is 12.1 Å². The minimum atomic E-state index is -0.670. The highest BCUT2D eigenvalue weighted by molar-refractivity contribution is 5.85. The Hall–Kier alpha value is -1.07. The molecule has 0 atom stereocenters. The maximum absolute atomic E-state index is 13.1. The topological polar surface area (TPSA) is 44.5 Å². The summed E-state index contributed by atoms with van der Waals surface area (Å²) in [7, 11) is 1.24. The molecule has 2 N–H and O–H groups in total. The van der Waals surface area contributed by atoms with Gasteiger partial charge >= 0.3 is 0 Å². The molecule has 6 heteroatoms. The fourth-order valence-corrected chi connectivity index (χ4v) is 1.00. The van der Waals surface area contributed by atoms with Crippen molar-refractivity contribution in [3.63, 3.8) is 0 Å². The maximum Gasteiger partial charge on any atom is 0.200 e. The van der Waals surface area contributed by atoms with Crippen LogP contribution < -0.4 is 15.2 Å². The second kappa shape index (κ2) is 6.42. The Morgan fingerprint density at radius 2 is 1.73 bits per heavy atom. The van der Waals surface area contributed by atoms with E-state index in [1.165, 1.54) is 7.11 Å². The fraction of sp³-hybridized carbons (Fsp3) is 0.333. The SMILES string of the molecule is COc1c(F)ccc(F)c1OCCN.Cl. The van der Waals surface area contributed by atoms with E-state index in [1.54, 1.807) is 0 Å². The van der Waals surface area contributed by atoms with Gasteiger partial charge in [-0.15, -0.1) is 12.4 Å². The summed E-state index contributed by atoms with van der Waals surface area (Å²) in [6, 6.07) is 1.95. The van der Waals surface area contributed by atoms with Crippen molar-refractivity contribution in [3.05, 3.63) is 23.8 Å². The molecule has 0 aliphatic heterocycles. The first-order chi connectivity index (χ1) is 6.70.